The van der Waals surface area contributed by atoms with E-state index in [2.05, 4.69) is 5.32 Å². The predicted octanol–water partition coefficient (Wildman–Crippen LogP) is 3.39. The molecule has 1 aromatic rings. The van der Waals surface area contributed by atoms with Crippen LogP contribution >= 0.6 is 0 Å². The van der Waals surface area contributed by atoms with Gasteiger partial charge in [0.1, 0.15) is 17.2 Å². The molecule has 21 heavy (non-hydrogen) atoms. The highest BCUT2D eigenvalue weighted by Gasteiger charge is 2.30. The average Bonchev–Trinajstić information content (AvgIpc) is 2.80. The van der Waals surface area contributed by atoms with E-state index in [4.69, 9.17) is 4.74 Å². The minimum Gasteiger partial charge on any atom is -0.444 e. The van der Waals surface area contributed by atoms with E-state index in [1.54, 1.807) is 25.7 Å². The molecule has 0 radical (unpaired) electrons. The molecule has 6 heteroatoms. The van der Waals surface area contributed by atoms with Gasteiger partial charge >= 0.3 is 6.09 Å². The summed E-state index contributed by atoms with van der Waals surface area (Å²) < 4.78 is 32.0. The highest BCUT2D eigenvalue weighted by molar-refractivity contribution is 5.68. The first-order valence-corrected chi connectivity index (χ1v) is 6.94. The van der Waals surface area contributed by atoms with Crippen molar-refractivity contribution in [2.24, 2.45) is 0 Å². The molecular formula is C15H20F2N2O2. The van der Waals surface area contributed by atoms with Gasteiger partial charge in [-0.3, -0.25) is 0 Å². The van der Waals surface area contributed by atoms with Gasteiger partial charge in [-0.15, -0.1) is 0 Å². The Morgan fingerprint density at radius 2 is 2.10 bits per heavy atom. The third-order valence-electron chi connectivity index (χ3n) is 3.13. The molecule has 1 aliphatic rings. The minimum atomic E-state index is -0.544. The number of halogens is 2. The molecule has 1 saturated heterocycles. The Hall–Kier alpha value is -1.85. The second-order valence-electron chi connectivity index (χ2n) is 6.18. The van der Waals surface area contributed by atoms with E-state index in [-0.39, 0.29) is 17.8 Å². The maximum absolute atomic E-state index is 13.6. The third kappa shape index (κ3) is 4.31. The van der Waals surface area contributed by atoms with E-state index < -0.39 is 17.2 Å². The molecule has 1 unspecified atom stereocenters. The van der Waals surface area contributed by atoms with Crippen LogP contribution in [0.5, 0.6) is 0 Å². The highest BCUT2D eigenvalue weighted by Crippen LogP contribution is 2.21. The van der Waals surface area contributed by atoms with Crippen LogP contribution in [0.25, 0.3) is 0 Å². The molecule has 0 aliphatic carbocycles. The van der Waals surface area contributed by atoms with Crippen LogP contribution in [0.3, 0.4) is 0 Å². The van der Waals surface area contributed by atoms with Crippen LogP contribution in [0.1, 0.15) is 27.2 Å². The number of nitrogens with one attached hydrogen (secondary N) is 1. The number of anilines is 1. The number of hydrogen-bond acceptors (Lipinski definition) is 3. The van der Waals surface area contributed by atoms with Crippen molar-refractivity contribution < 1.29 is 18.3 Å². The molecule has 2 rings (SSSR count). The highest BCUT2D eigenvalue weighted by atomic mass is 19.1. The van der Waals surface area contributed by atoms with Gasteiger partial charge in [0, 0.05) is 19.1 Å². The number of benzene rings is 1. The Bertz CT molecular complexity index is 529. The summed E-state index contributed by atoms with van der Waals surface area (Å²) in [5, 5.41) is 2.93. The Kier molecular flexibility index (Phi) is 4.34. The molecule has 1 amide bonds. The molecule has 1 aromatic carbocycles. The van der Waals surface area contributed by atoms with Gasteiger partial charge in [0.25, 0.3) is 0 Å². The summed E-state index contributed by atoms with van der Waals surface area (Å²) in [6, 6.07) is 3.15. The van der Waals surface area contributed by atoms with Gasteiger partial charge in [-0.25, -0.2) is 13.6 Å². The number of likely N-dealkylation sites (tertiary alicyclic amines) is 1. The summed E-state index contributed by atoms with van der Waals surface area (Å²) in [5.74, 6) is -1.01. The van der Waals surface area contributed by atoms with E-state index >= 15 is 0 Å². The molecule has 1 fully saturated rings. The van der Waals surface area contributed by atoms with Crippen molar-refractivity contribution in [2.75, 3.05) is 18.4 Å². The molecular weight excluding hydrogens is 278 g/mol. The summed E-state index contributed by atoms with van der Waals surface area (Å²) >= 11 is 0. The Labute approximate surface area is 123 Å². The normalized spacial score (nSPS) is 18.7. The standard InChI is InChI=1S/C15H20F2N2O2/c1-15(2,3)21-14(20)19-7-6-11(9-19)18-13-8-10(16)4-5-12(13)17/h4-5,8,11,18H,6-7,9H2,1-3H3. The number of carbonyl (C=O) groups is 1. The summed E-state index contributed by atoms with van der Waals surface area (Å²) in [5.41, 5.74) is -0.428. The summed E-state index contributed by atoms with van der Waals surface area (Å²) in [6.45, 7) is 6.35. The number of rotatable bonds is 2. The lowest BCUT2D eigenvalue weighted by atomic mass is 10.2. The fraction of sp³-hybridized carbons (Fsp3) is 0.533. The van der Waals surface area contributed by atoms with Crippen molar-refractivity contribution >= 4 is 11.8 Å². The summed E-state index contributed by atoms with van der Waals surface area (Å²) in [6.07, 6.45) is 0.279. The fourth-order valence-electron chi connectivity index (χ4n) is 2.20. The third-order valence-corrected chi connectivity index (χ3v) is 3.13. The second-order valence-corrected chi connectivity index (χ2v) is 6.18. The lowest BCUT2D eigenvalue weighted by molar-refractivity contribution is 0.0293. The zero-order chi connectivity index (χ0) is 15.6. The molecule has 116 valence electrons. The van der Waals surface area contributed by atoms with Gasteiger partial charge < -0.3 is 15.0 Å². The number of ether oxygens (including phenoxy) is 1. The first-order valence-electron chi connectivity index (χ1n) is 6.94. The first kappa shape index (κ1) is 15.5. The van der Waals surface area contributed by atoms with Gasteiger partial charge in [0.15, 0.2) is 0 Å². The molecule has 4 nitrogen and oxygen atoms in total. The quantitative estimate of drug-likeness (QED) is 0.910. The Morgan fingerprint density at radius 1 is 1.38 bits per heavy atom. The summed E-state index contributed by atoms with van der Waals surface area (Å²) in [7, 11) is 0. The lowest BCUT2D eigenvalue weighted by Crippen LogP contribution is -2.36. The monoisotopic (exact) mass is 298 g/mol. The van der Waals surface area contributed by atoms with Crippen molar-refractivity contribution in [3.63, 3.8) is 0 Å². The largest absolute Gasteiger partial charge is 0.444 e. The maximum atomic E-state index is 13.6. The van der Waals surface area contributed by atoms with Crippen molar-refractivity contribution in [3.05, 3.63) is 29.8 Å². The lowest BCUT2D eigenvalue weighted by Gasteiger charge is -2.24. The molecule has 1 N–H and O–H groups in total. The van der Waals surface area contributed by atoms with Crippen LogP contribution in [0, 0.1) is 11.6 Å². The molecule has 0 spiro atoms. The number of amides is 1. The van der Waals surface area contributed by atoms with Crippen LogP contribution < -0.4 is 5.32 Å². The van der Waals surface area contributed by atoms with Crippen molar-refractivity contribution in [1.82, 2.24) is 4.90 Å². The molecule has 1 aliphatic heterocycles. The van der Waals surface area contributed by atoms with E-state index in [1.807, 2.05) is 0 Å². The van der Waals surface area contributed by atoms with E-state index in [1.165, 1.54) is 0 Å². The molecule has 1 heterocycles. The van der Waals surface area contributed by atoms with Gasteiger partial charge in [-0.2, -0.15) is 0 Å². The SMILES string of the molecule is CC(C)(C)OC(=O)N1CCC(Nc2cc(F)ccc2F)C1. The number of carbonyl (C=O) groups excluding carboxylic acids is 1. The van der Waals surface area contributed by atoms with Crippen molar-refractivity contribution in [1.29, 1.82) is 0 Å². The Morgan fingerprint density at radius 3 is 2.76 bits per heavy atom. The Balaban J connectivity index is 1.93. The zero-order valence-corrected chi connectivity index (χ0v) is 12.5. The number of hydrogen-bond donors (Lipinski definition) is 1. The topological polar surface area (TPSA) is 41.6 Å². The van der Waals surface area contributed by atoms with Gasteiger partial charge in [-0.1, -0.05) is 0 Å². The average molecular weight is 298 g/mol. The van der Waals surface area contributed by atoms with Crippen LogP contribution in [-0.2, 0) is 4.74 Å². The molecule has 1 atom stereocenters. The fourth-order valence-corrected chi connectivity index (χ4v) is 2.20. The smallest absolute Gasteiger partial charge is 0.410 e. The minimum absolute atomic E-state index is 0.117. The number of nitrogens with zero attached hydrogens (tertiary/aromatic N) is 1. The van der Waals surface area contributed by atoms with Crippen molar-refractivity contribution in [3.8, 4) is 0 Å². The molecule has 0 saturated carbocycles. The summed E-state index contributed by atoms with van der Waals surface area (Å²) in [4.78, 5) is 13.5. The van der Waals surface area contributed by atoms with Crippen LogP contribution in [0.4, 0.5) is 19.3 Å². The van der Waals surface area contributed by atoms with E-state index in [0.717, 1.165) is 18.2 Å². The van der Waals surface area contributed by atoms with Crippen LogP contribution in [0.2, 0.25) is 0 Å². The predicted molar refractivity (Wildman–Crippen MR) is 76.2 cm³/mol. The first-order chi connectivity index (χ1) is 9.74. The van der Waals surface area contributed by atoms with Gasteiger partial charge in [-0.05, 0) is 45.4 Å². The van der Waals surface area contributed by atoms with Gasteiger partial charge in [0.2, 0.25) is 0 Å². The molecule has 0 bridgehead atoms. The second kappa shape index (κ2) is 5.87. The van der Waals surface area contributed by atoms with Crippen LogP contribution in [-0.4, -0.2) is 35.7 Å². The van der Waals surface area contributed by atoms with Crippen molar-refractivity contribution in [2.45, 2.75) is 38.8 Å². The van der Waals surface area contributed by atoms with Crippen LogP contribution in [0.15, 0.2) is 18.2 Å². The van der Waals surface area contributed by atoms with Gasteiger partial charge in [0.05, 0.1) is 5.69 Å². The van der Waals surface area contributed by atoms with E-state index in [0.29, 0.717) is 19.5 Å². The molecule has 0 aromatic heterocycles. The zero-order valence-electron chi connectivity index (χ0n) is 12.5. The van der Waals surface area contributed by atoms with E-state index in [9.17, 15) is 13.6 Å². The maximum Gasteiger partial charge on any atom is 0.410 e.